The van der Waals surface area contributed by atoms with E-state index in [1.807, 2.05) is 0 Å². The average Bonchev–Trinajstić information content (AvgIpc) is 3.02. The first-order valence-corrected chi connectivity index (χ1v) is 18.0. The molecule has 0 spiro atoms. The second-order valence-electron chi connectivity index (χ2n) is 12.4. The van der Waals surface area contributed by atoms with Gasteiger partial charge in [-0.05, 0) is 80.3 Å². The smallest absolute Gasteiger partial charge is 0.0633 e. The highest BCUT2D eigenvalue weighted by Crippen LogP contribution is 2.21. The first-order chi connectivity index (χ1) is 20.7. The van der Waals surface area contributed by atoms with Gasteiger partial charge < -0.3 is 0 Å². The van der Waals surface area contributed by atoms with Crippen molar-refractivity contribution in [3.8, 4) is 0 Å². The van der Waals surface area contributed by atoms with Crippen LogP contribution in [0.25, 0.3) is 0 Å². The third kappa shape index (κ3) is 16.4. The lowest BCUT2D eigenvalue weighted by molar-refractivity contribution is 0.589. The van der Waals surface area contributed by atoms with Gasteiger partial charge in [-0.25, -0.2) is 0 Å². The van der Waals surface area contributed by atoms with Gasteiger partial charge in [-0.3, -0.25) is 9.98 Å². The monoisotopic (exact) mass is 573 g/mol. The summed E-state index contributed by atoms with van der Waals surface area (Å²) in [4.78, 5) is 10.3. The minimum absolute atomic E-state index is 0.905. The maximum Gasteiger partial charge on any atom is 0.0633 e. The molecule has 0 atom stereocenters. The highest BCUT2D eigenvalue weighted by Gasteiger charge is 2.09. The highest BCUT2D eigenvalue weighted by atomic mass is 14.8. The molecule has 0 radical (unpaired) electrons. The van der Waals surface area contributed by atoms with Crippen molar-refractivity contribution in [3.05, 3.63) is 59.7 Å². The van der Waals surface area contributed by atoms with Crippen LogP contribution in [0.2, 0.25) is 0 Å². The van der Waals surface area contributed by atoms with Gasteiger partial charge in [0.2, 0.25) is 0 Å². The van der Waals surface area contributed by atoms with Crippen molar-refractivity contribution in [2.45, 2.75) is 169 Å². The predicted molar refractivity (Wildman–Crippen MR) is 190 cm³/mol. The van der Waals surface area contributed by atoms with Crippen molar-refractivity contribution < 1.29 is 0 Å². The topological polar surface area (TPSA) is 24.7 Å². The Morgan fingerprint density at radius 1 is 0.405 bits per heavy atom. The van der Waals surface area contributed by atoms with Crippen LogP contribution in [0.5, 0.6) is 0 Å². The summed E-state index contributed by atoms with van der Waals surface area (Å²) in [6.45, 7) is 9.07. The molecule has 0 fully saturated rings. The molecule has 0 heterocycles. The molecule has 2 rings (SSSR count). The molecule has 0 aliphatic rings. The molecule has 42 heavy (non-hydrogen) atoms. The lowest BCUT2D eigenvalue weighted by Gasteiger charge is -2.10. The van der Waals surface area contributed by atoms with Crippen LogP contribution in [0.4, 0.5) is 11.4 Å². The normalized spacial score (nSPS) is 12.3. The molecular weight excluding hydrogens is 508 g/mol. The van der Waals surface area contributed by atoms with Crippen molar-refractivity contribution >= 4 is 22.8 Å². The van der Waals surface area contributed by atoms with Gasteiger partial charge in [0.15, 0.2) is 0 Å². The average molecular weight is 573 g/mol. The summed E-state index contributed by atoms with van der Waals surface area (Å²) in [6.07, 6.45) is 28.3. The summed E-state index contributed by atoms with van der Waals surface area (Å²) in [5.41, 5.74) is 7.30. The van der Waals surface area contributed by atoms with E-state index < -0.39 is 0 Å². The van der Waals surface area contributed by atoms with Gasteiger partial charge >= 0.3 is 0 Å². The molecule has 0 aliphatic heterocycles. The number of hydrogen-bond donors (Lipinski definition) is 0. The van der Waals surface area contributed by atoms with Gasteiger partial charge in [-0.15, -0.1) is 0 Å². The lowest BCUT2D eigenvalue weighted by Crippen LogP contribution is -2.13. The molecule has 0 N–H and O–H groups in total. The van der Waals surface area contributed by atoms with E-state index in [4.69, 9.17) is 9.98 Å². The minimum atomic E-state index is 0.905. The van der Waals surface area contributed by atoms with Crippen molar-refractivity contribution in [2.24, 2.45) is 9.98 Å². The maximum atomic E-state index is 5.18. The van der Waals surface area contributed by atoms with Crippen molar-refractivity contribution in [1.29, 1.82) is 0 Å². The summed E-state index contributed by atoms with van der Waals surface area (Å²) >= 11 is 0. The Morgan fingerprint density at radius 2 is 0.762 bits per heavy atom. The van der Waals surface area contributed by atoms with E-state index in [0.717, 1.165) is 29.9 Å². The van der Waals surface area contributed by atoms with Gasteiger partial charge in [-0.2, -0.15) is 0 Å². The van der Waals surface area contributed by atoms with E-state index >= 15 is 0 Å². The number of nitrogens with zero attached hydrogens (tertiary/aromatic N) is 2. The predicted octanol–water partition coefficient (Wildman–Crippen LogP) is 13.5. The first-order valence-electron chi connectivity index (χ1n) is 18.0. The fourth-order valence-corrected chi connectivity index (χ4v) is 5.69. The molecular formula is C40H64N2. The Morgan fingerprint density at radius 3 is 1.17 bits per heavy atom. The van der Waals surface area contributed by atoms with Crippen LogP contribution >= 0.6 is 0 Å². The van der Waals surface area contributed by atoms with Crippen molar-refractivity contribution in [3.63, 3.8) is 0 Å². The molecule has 0 saturated carbocycles. The zero-order valence-electron chi connectivity index (χ0n) is 28.1. The van der Waals surface area contributed by atoms with Gasteiger partial charge in [0.1, 0.15) is 0 Å². The minimum Gasteiger partial charge on any atom is -0.252 e. The van der Waals surface area contributed by atoms with Crippen LogP contribution in [0.3, 0.4) is 0 Å². The zero-order chi connectivity index (χ0) is 30.1. The number of rotatable bonds is 25. The molecule has 0 aromatic heterocycles. The van der Waals surface area contributed by atoms with E-state index in [9.17, 15) is 0 Å². The summed E-state index contributed by atoms with van der Waals surface area (Å²) in [7, 11) is 0. The number of aryl methyl sites for hydroxylation is 2. The van der Waals surface area contributed by atoms with Gasteiger partial charge in [0.05, 0.1) is 22.8 Å². The fourth-order valence-electron chi connectivity index (χ4n) is 5.69. The van der Waals surface area contributed by atoms with Crippen LogP contribution in [0, 0.1) is 0 Å². The number of hydrogen-bond acceptors (Lipinski definition) is 2. The Bertz CT molecular complexity index is 968. The third-order valence-corrected chi connectivity index (χ3v) is 8.47. The molecule has 0 aliphatic carbocycles. The maximum absolute atomic E-state index is 5.18. The van der Waals surface area contributed by atoms with Crippen LogP contribution in [0.1, 0.15) is 167 Å². The SMILES string of the molecule is CCCCCCCCCc1ccc(N=C(CC)C(CCCCCC)=Nc2ccc(CCCCCCCCC)cc2)cc1. The third-order valence-electron chi connectivity index (χ3n) is 8.47. The molecule has 2 aromatic rings. The van der Waals surface area contributed by atoms with E-state index in [1.54, 1.807) is 0 Å². The highest BCUT2D eigenvalue weighted by molar-refractivity contribution is 6.43. The lowest BCUT2D eigenvalue weighted by atomic mass is 10.0. The summed E-state index contributed by atoms with van der Waals surface area (Å²) in [6, 6.07) is 18.0. The number of unbranched alkanes of at least 4 members (excludes halogenated alkanes) is 15. The second kappa shape index (κ2) is 24.2. The molecule has 0 bridgehead atoms. The Hall–Kier alpha value is -2.22. The summed E-state index contributed by atoms with van der Waals surface area (Å²) < 4.78 is 0. The molecule has 0 amide bonds. The van der Waals surface area contributed by atoms with Gasteiger partial charge in [-0.1, -0.05) is 148 Å². The second-order valence-corrected chi connectivity index (χ2v) is 12.4. The fraction of sp³-hybridized carbons (Fsp3) is 0.650. The van der Waals surface area contributed by atoms with E-state index in [-0.39, 0.29) is 0 Å². The van der Waals surface area contributed by atoms with Crippen LogP contribution in [-0.2, 0) is 12.8 Å². The Balaban J connectivity index is 1.99. The van der Waals surface area contributed by atoms with Crippen molar-refractivity contribution in [2.75, 3.05) is 0 Å². The molecule has 0 saturated heterocycles. The Kier molecular flexibility index (Phi) is 20.8. The standard InChI is InChI=1S/C40H64N2/c1-5-9-12-15-17-19-21-24-35-27-31-37(32-28-35)41-39(8-4)40(26-23-14-11-7-3)42-38-33-29-36(30-34-38)25-22-20-18-16-13-10-6-2/h27-34H,5-26H2,1-4H3. The first kappa shape index (κ1) is 36.0. The van der Waals surface area contributed by atoms with E-state index in [1.165, 1.54) is 145 Å². The number of benzene rings is 2. The van der Waals surface area contributed by atoms with Crippen molar-refractivity contribution in [1.82, 2.24) is 0 Å². The molecule has 0 unspecified atom stereocenters. The van der Waals surface area contributed by atoms with Gasteiger partial charge in [0.25, 0.3) is 0 Å². The van der Waals surface area contributed by atoms with Gasteiger partial charge in [0, 0.05) is 0 Å². The largest absolute Gasteiger partial charge is 0.252 e. The molecule has 2 nitrogen and oxygen atoms in total. The molecule has 234 valence electrons. The van der Waals surface area contributed by atoms with Crippen LogP contribution in [-0.4, -0.2) is 11.4 Å². The molecule has 2 aromatic carbocycles. The van der Waals surface area contributed by atoms with Crippen LogP contribution in [0.15, 0.2) is 58.5 Å². The zero-order valence-corrected chi connectivity index (χ0v) is 28.1. The molecule has 2 heteroatoms. The van der Waals surface area contributed by atoms with E-state index in [2.05, 4.69) is 76.2 Å². The quantitative estimate of drug-likeness (QED) is 0.0835. The number of aliphatic imine (C=N–C) groups is 2. The van der Waals surface area contributed by atoms with Crippen LogP contribution < -0.4 is 0 Å². The van der Waals surface area contributed by atoms with E-state index in [0.29, 0.717) is 0 Å². The summed E-state index contributed by atoms with van der Waals surface area (Å²) in [5.74, 6) is 0. The Labute approximate surface area is 260 Å². The summed E-state index contributed by atoms with van der Waals surface area (Å²) in [5, 5.41) is 0.